The van der Waals surface area contributed by atoms with Gasteiger partial charge >= 0.3 is 10.4 Å². The molecule has 10 heteroatoms. The fourth-order valence-corrected chi connectivity index (χ4v) is 0. The van der Waals surface area contributed by atoms with Crippen LogP contribution in [0.5, 0.6) is 0 Å². The van der Waals surface area contributed by atoms with E-state index < -0.39 is 15.5 Å². The fourth-order valence-electron chi connectivity index (χ4n) is 0. The van der Waals surface area contributed by atoms with Crippen molar-refractivity contribution in [2.75, 3.05) is 6.61 Å². The van der Waals surface area contributed by atoms with E-state index in [0.717, 1.165) is 0 Å². The molecule has 0 aromatic carbocycles. The van der Waals surface area contributed by atoms with Crippen molar-refractivity contribution in [3.8, 4) is 0 Å². The van der Waals surface area contributed by atoms with Gasteiger partial charge in [0.05, 0.1) is 0 Å². The highest BCUT2D eigenvalue weighted by Gasteiger charge is 1.84. The normalized spacial score (nSPS) is 8.33. The van der Waals surface area contributed by atoms with Crippen LogP contribution < -0.4 is 0 Å². The number of aliphatic hydroxyl groups is 1. The summed E-state index contributed by atoms with van der Waals surface area (Å²) in [5, 5.41) is 21.2. The van der Waals surface area contributed by atoms with Gasteiger partial charge in [0, 0.05) is 6.61 Å². The van der Waals surface area contributed by atoms with E-state index in [1.54, 1.807) is 6.92 Å². The smallest absolute Gasteiger partial charge is 0.394 e. The highest BCUT2D eigenvalue weighted by Crippen LogP contribution is 1.59. The van der Waals surface area contributed by atoms with Gasteiger partial charge in [0.1, 0.15) is 0 Å². The monoisotopic (exact) mass is 207 g/mol. The molecule has 4 N–H and O–H groups in total. The summed E-state index contributed by atoms with van der Waals surface area (Å²) in [6.45, 7) is 1.93. The molecule has 0 aromatic heterocycles. The lowest BCUT2D eigenvalue weighted by Gasteiger charge is -1.68. The SMILES string of the molecule is CCO.O=S(=O)(O)O.O=[N+]([O-])O. The Balaban J connectivity index is -0.000000105. The molecule has 0 heterocycles. The minimum atomic E-state index is -4.67. The van der Waals surface area contributed by atoms with E-state index >= 15 is 0 Å². The average molecular weight is 207 g/mol. The topological polar surface area (TPSA) is 158 Å². The van der Waals surface area contributed by atoms with Crippen LogP contribution in [-0.2, 0) is 10.4 Å². The predicted molar refractivity (Wildman–Crippen MR) is 35.7 cm³/mol. The molecule has 0 aliphatic carbocycles. The Hall–Kier alpha value is -0.970. The van der Waals surface area contributed by atoms with Crippen molar-refractivity contribution < 1.29 is 32.9 Å². The first-order chi connectivity index (χ1) is 5.15. The Kier molecular flexibility index (Phi) is 14.4. The summed E-state index contributed by atoms with van der Waals surface area (Å²) < 4.78 is 31.6. The van der Waals surface area contributed by atoms with Crippen molar-refractivity contribution in [3.63, 3.8) is 0 Å². The molecule has 0 spiro atoms. The molecule has 0 radical (unpaired) electrons. The lowest BCUT2D eigenvalue weighted by atomic mass is 10.9. The molecule has 0 aliphatic rings. The second kappa shape index (κ2) is 10.0. The zero-order valence-electron chi connectivity index (χ0n) is 5.98. The average Bonchev–Trinajstić information content (AvgIpc) is 1.56. The van der Waals surface area contributed by atoms with E-state index in [9.17, 15) is 0 Å². The highest BCUT2D eigenvalue weighted by atomic mass is 32.3. The Bertz CT molecular complexity index is 171. The molecule has 12 heavy (non-hydrogen) atoms. The minimum absolute atomic E-state index is 0.250. The Morgan fingerprint density at radius 1 is 1.42 bits per heavy atom. The molecular weight excluding hydrogens is 198 g/mol. The van der Waals surface area contributed by atoms with Gasteiger partial charge in [0.15, 0.2) is 0 Å². The molecule has 0 unspecified atom stereocenters. The van der Waals surface area contributed by atoms with Crippen LogP contribution in [-0.4, -0.2) is 39.5 Å². The van der Waals surface area contributed by atoms with Gasteiger partial charge in [0.2, 0.25) is 0 Å². The second-order valence-corrected chi connectivity index (χ2v) is 1.90. The third-order valence-electron chi connectivity index (χ3n) is 0. The number of nitrogens with zero attached hydrogens (tertiary/aromatic N) is 1. The van der Waals surface area contributed by atoms with E-state index in [0.29, 0.717) is 0 Å². The molecule has 0 fully saturated rings. The summed E-state index contributed by atoms with van der Waals surface area (Å²) in [7, 11) is -4.67. The van der Waals surface area contributed by atoms with Crippen LogP contribution in [0.3, 0.4) is 0 Å². The molecule has 0 atom stereocenters. The van der Waals surface area contributed by atoms with Crippen LogP contribution in [0.2, 0.25) is 0 Å². The van der Waals surface area contributed by atoms with Crippen LogP contribution in [0.1, 0.15) is 6.92 Å². The summed E-state index contributed by atoms with van der Waals surface area (Å²) in [6.07, 6.45) is 0. The first-order valence-electron chi connectivity index (χ1n) is 2.29. The van der Waals surface area contributed by atoms with Gasteiger partial charge in [-0.2, -0.15) is 8.42 Å². The minimum Gasteiger partial charge on any atom is -0.397 e. The van der Waals surface area contributed by atoms with Gasteiger partial charge in [-0.25, -0.2) is 0 Å². The van der Waals surface area contributed by atoms with Crippen molar-refractivity contribution in [2.24, 2.45) is 0 Å². The van der Waals surface area contributed by atoms with Gasteiger partial charge in [-0.15, -0.1) is 10.1 Å². The van der Waals surface area contributed by atoms with E-state index in [2.05, 4.69) is 0 Å². The van der Waals surface area contributed by atoms with Crippen LogP contribution in [0.25, 0.3) is 0 Å². The molecule has 0 rings (SSSR count). The summed E-state index contributed by atoms with van der Waals surface area (Å²) >= 11 is 0. The summed E-state index contributed by atoms with van der Waals surface area (Å²) in [5.74, 6) is 0. The summed E-state index contributed by atoms with van der Waals surface area (Å²) in [5.41, 5.74) is 0. The molecule has 9 nitrogen and oxygen atoms in total. The van der Waals surface area contributed by atoms with Crippen LogP contribution in [0.15, 0.2) is 0 Å². The number of aliphatic hydroxyl groups excluding tert-OH is 1. The zero-order valence-corrected chi connectivity index (χ0v) is 6.80. The third kappa shape index (κ3) is 619. The van der Waals surface area contributed by atoms with Crippen LogP contribution >= 0.6 is 0 Å². The van der Waals surface area contributed by atoms with Crippen molar-refractivity contribution in [1.29, 1.82) is 0 Å². The van der Waals surface area contributed by atoms with E-state index in [4.69, 9.17) is 38.0 Å². The highest BCUT2D eigenvalue weighted by molar-refractivity contribution is 7.79. The third-order valence-corrected chi connectivity index (χ3v) is 0. The second-order valence-electron chi connectivity index (χ2n) is 1.00. The lowest BCUT2D eigenvalue weighted by molar-refractivity contribution is -0.742. The zero-order chi connectivity index (χ0) is 10.8. The molecule has 0 aliphatic heterocycles. The maximum Gasteiger partial charge on any atom is 0.394 e. The standard InChI is InChI=1S/C2H6O.HNO3.H2O4S/c1-2-3;2-1(3)4;1-5(2,3)4/h3H,2H2,1H3;(H,2,3,4);(H2,1,2,3,4). The van der Waals surface area contributed by atoms with E-state index in [1.165, 1.54) is 0 Å². The van der Waals surface area contributed by atoms with Crippen molar-refractivity contribution >= 4 is 10.4 Å². The number of hydrogen-bond donors (Lipinski definition) is 4. The Morgan fingerprint density at radius 2 is 1.42 bits per heavy atom. The Labute approximate surface area is 67.9 Å². The number of rotatable bonds is 0. The first-order valence-corrected chi connectivity index (χ1v) is 3.68. The molecule has 0 amide bonds. The maximum atomic E-state index is 8.74. The van der Waals surface area contributed by atoms with Gasteiger partial charge < -0.3 is 10.3 Å². The molecule has 76 valence electrons. The van der Waals surface area contributed by atoms with Crippen molar-refractivity contribution in [2.45, 2.75) is 6.92 Å². The first kappa shape index (κ1) is 17.2. The van der Waals surface area contributed by atoms with Gasteiger partial charge in [-0.1, -0.05) is 0 Å². The Morgan fingerprint density at radius 3 is 1.42 bits per heavy atom. The molecule has 0 aromatic rings. The summed E-state index contributed by atoms with van der Waals surface area (Å²) in [4.78, 5) is 8.36. The van der Waals surface area contributed by atoms with Gasteiger partial charge in [0.25, 0.3) is 5.09 Å². The van der Waals surface area contributed by atoms with Crippen molar-refractivity contribution in [1.82, 2.24) is 0 Å². The van der Waals surface area contributed by atoms with Crippen molar-refractivity contribution in [3.05, 3.63) is 10.1 Å². The molecule has 0 bridgehead atoms. The molecule has 0 saturated heterocycles. The molecular formula is C2H9NO8S. The van der Waals surface area contributed by atoms with E-state index in [-0.39, 0.29) is 6.61 Å². The van der Waals surface area contributed by atoms with Gasteiger partial charge in [-0.3, -0.25) is 9.11 Å². The maximum absolute atomic E-state index is 8.74. The quantitative estimate of drug-likeness (QED) is 0.223. The van der Waals surface area contributed by atoms with Gasteiger partial charge in [-0.05, 0) is 6.92 Å². The molecule has 0 saturated carbocycles. The number of hydrogen-bond acceptors (Lipinski definition) is 5. The predicted octanol–water partition coefficient (Wildman–Crippen LogP) is -1.00. The lowest BCUT2D eigenvalue weighted by Crippen LogP contribution is -1.89. The fraction of sp³-hybridized carbons (Fsp3) is 1.00. The summed E-state index contributed by atoms with van der Waals surface area (Å²) in [6, 6.07) is 0. The van der Waals surface area contributed by atoms with Crippen LogP contribution in [0, 0.1) is 10.1 Å². The van der Waals surface area contributed by atoms with Crippen LogP contribution in [0.4, 0.5) is 0 Å². The van der Waals surface area contributed by atoms with E-state index in [1.807, 2.05) is 0 Å². The largest absolute Gasteiger partial charge is 0.397 e.